The molecule has 3 aromatic heterocycles. The molecule has 1 fully saturated rings. The summed E-state index contributed by atoms with van der Waals surface area (Å²) in [6, 6.07) is 7.86. The number of rotatable bonds is 7. The first-order valence-electron chi connectivity index (χ1n) is 12.1. The van der Waals surface area contributed by atoms with Crippen LogP contribution in [0, 0.1) is 6.92 Å². The molecule has 1 aliphatic rings. The van der Waals surface area contributed by atoms with Crippen LogP contribution >= 0.6 is 11.7 Å². The highest BCUT2D eigenvalue weighted by Crippen LogP contribution is 2.32. The van der Waals surface area contributed by atoms with Gasteiger partial charge in [0.25, 0.3) is 5.91 Å². The Morgan fingerprint density at radius 3 is 2.69 bits per heavy atom. The predicted molar refractivity (Wildman–Crippen MR) is 140 cm³/mol. The van der Waals surface area contributed by atoms with Crippen LogP contribution in [-0.4, -0.2) is 47.9 Å². The summed E-state index contributed by atoms with van der Waals surface area (Å²) in [5.74, 6) is 1.15. The number of anilines is 3. The third-order valence-corrected chi connectivity index (χ3v) is 6.70. The zero-order valence-corrected chi connectivity index (χ0v) is 21.2. The van der Waals surface area contributed by atoms with Crippen LogP contribution in [0.1, 0.15) is 55.8 Å². The number of oxazole rings is 1. The number of hydrogen-bond donors (Lipinski definition) is 4. The fourth-order valence-electron chi connectivity index (χ4n) is 4.33. The predicted octanol–water partition coefficient (Wildman–Crippen LogP) is 4.65. The topological polar surface area (TPSA) is 138 Å². The number of aliphatic hydroxyl groups excluding tert-OH is 1. The van der Waals surface area contributed by atoms with Crippen LogP contribution in [0.2, 0.25) is 0 Å². The Bertz CT molecular complexity index is 1380. The highest BCUT2D eigenvalue weighted by Gasteiger charge is 2.25. The van der Waals surface area contributed by atoms with Gasteiger partial charge in [-0.05, 0) is 64.7 Å². The van der Waals surface area contributed by atoms with E-state index in [1.54, 1.807) is 13.1 Å². The number of hydrogen-bond acceptors (Lipinski definition) is 10. The molecule has 1 aromatic carbocycles. The zero-order valence-electron chi connectivity index (χ0n) is 20.4. The summed E-state index contributed by atoms with van der Waals surface area (Å²) in [5.41, 5.74) is 4.25. The standard InChI is InChI=1S/C25H29N7O3S/c1-13(2)27-20-11-22(28-16-6-9-19-21(10-16)32-36-31-19)26-12-18(20)25-30-23(14(3)35-25)24(34)29-15-4-7-17(33)8-5-15/h6,9-13,15,17,33H,4-5,7-8H2,1-3H3,(H,29,34)(H2,26,27,28). The Hall–Kier alpha value is -3.57. The minimum atomic E-state index is -0.275. The van der Waals surface area contributed by atoms with Crippen LogP contribution in [0.15, 0.2) is 34.9 Å². The number of nitrogens with one attached hydrogen (secondary N) is 3. The molecule has 10 nitrogen and oxygen atoms in total. The van der Waals surface area contributed by atoms with Crippen LogP contribution in [0.4, 0.5) is 17.2 Å². The SMILES string of the molecule is Cc1oc(-c2cnc(Nc3ccc4nsnc4c3)cc2NC(C)C)nc1C(=O)NC1CCC(O)CC1. The van der Waals surface area contributed by atoms with E-state index in [0.29, 0.717) is 35.9 Å². The molecule has 4 aromatic rings. The van der Waals surface area contributed by atoms with Crippen molar-refractivity contribution in [3.05, 3.63) is 41.9 Å². The summed E-state index contributed by atoms with van der Waals surface area (Å²) in [4.78, 5) is 22.0. The van der Waals surface area contributed by atoms with E-state index in [1.165, 1.54) is 11.7 Å². The minimum absolute atomic E-state index is 0.0323. The second-order valence-electron chi connectivity index (χ2n) is 9.41. The average Bonchev–Trinajstić information content (AvgIpc) is 3.46. The lowest BCUT2D eigenvalue weighted by molar-refractivity contribution is 0.0862. The van der Waals surface area contributed by atoms with Crippen LogP contribution in [0.25, 0.3) is 22.5 Å². The second-order valence-corrected chi connectivity index (χ2v) is 9.94. The number of aliphatic hydroxyl groups is 1. The molecular weight excluding hydrogens is 478 g/mol. The smallest absolute Gasteiger partial charge is 0.273 e. The molecule has 0 bridgehead atoms. The van der Waals surface area contributed by atoms with Gasteiger partial charge < -0.3 is 25.5 Å². The number of amides is 1. The van der Waals surface area contributed by atoms with Crippen molar-refractivity contribution in [2.24, 2.45) is 0 Å². The van der Waals surface area contributed by atoms with Gasteiger partial charge >= 0.3 is 0 Å². The highest BCUT2D eigenvalue weighted by atomic mass is 32.1. The fraction of sp³-hybridized carbons (Fsp3) is 0.400. The summed E-state index contributed by atoms with van der Waals surface area (Å²) >= 11 is 1.18. The van der Waals surface area contributed by atoms with E-state index in [1.807, 2.05) is 38.1 Å². The molecule has 0 unspecified atom stereocenters. The lowest BCUT2D eigenvalue weighted by Gasteiger charge is -2.25. The molecule has 1 amide bonds. The van der Waals surface area contributed by atoms with Crippen molar-refractivity contribution in [3.8, 4) is 11.5 Å². The fourth-order valence-corrected chi connectivity index (χ4v) is 4.85. The number of fused-ring (bicyclic) bond motifs is 1. The van der Waals surface area contributed by atoms with Crippen LogP contribution < -0.4 is 16.0 Å². The first-order chi connectivity index (χ1) is 17.4. The average molecular weight is 508 g/mol. The molecule has 0 radical (unpaired) electrons. The van der Waals surface area contributed by atoms with E-state index in [2.05, 4.69) is 34.7 Å². The van der Waals surface area contributed by atoms with E-state index < -0.39 is 0 Å². The molecule has 1 aliphatic carbocycles. The lowest BCUT2D eigenvalue weighted by Crippen LogP contribution is -2.38. The van der Waals surface area contributed by atoms with Gasteiger partial charge in [0.15, 0.2) is 5.69 Å². The number of carbonyl (C=O) groups excluding carboxylic acids is 1. The van der Waals surface area contributed by atoms with Crippen LogP contribution in [0.5, 0.6) is 0 Å². The Morgan fingerprint density at radius 2 is 1.92 bits per heavy atom. The maximum absolute atomic E-state index is 12.9. The molecule has 0 aliphatic heterocycles. The van der Waals surface area contributed by atoms with Gasteiger partial charge in [0.1, 0.15) is 22.6 Å². The maximum Gasteiger partial charge on any atom is 0.273 e. The number of carbonyl (C=O) groups is 1. The van der Waals surface area contributed by atoms with Crippen molar-refractivity contribution in [3.63, 3.8) is 0 Å². The summed E-state index contributed by atoms with van der Waals surface area (Å²) in [6.07, 6.45) is 4.30. The molecule has 4 N–H and O–H groups in total. The van der Waals surface area contributed by atoms with Gasteiger partial charge in [-0.1, -0.05) is 0 Å². The maximum atomic E-state index is 12.9. The van der Waals surface area contributed by atoms with Crippen molar-refractivity contribution in [2.75, 3.05) is 10.6 Å². The molecule has 0 saturated heterocycles. The van der Waals surface area contributed by atoms with E-state index in [0.717, 1.165) is 35.2 Å². The van der Waals surface area contributed by atoms with E-state index in [4.69, 9.17) is 4.42 Å². The monoisotopic (exact) mass is 507 g/mol. The van der Waals surface area contributed by atoms with E-state index in [9.17, 15) is 9.90 Å². The number of pyridine rings is 1. The number of aryl methyl sites for hydroxylation is 1. The van der Waals surface area contributed by atoms with Gasteiger partial charge in [0.05, 0.1) is 29.1 Å². The third kappa shape index (κ3) is 5.31. The van der Waals surface area contributed by atoms with Gasteiger partial charge in [0.2, 0.25) is 5.89 Å². The normalized spacial score (nSPS) is 17.9. The van der Waals surface area contributed by atoms with Gasteiger partial charge in [-0.2, -0.15) is 8.75 Å². The molecule has 11 heteroatoms. The van der Waals surface area contributed by atoms with Gasteiger partial charge in [0, 0.05) is 30.0 Å². The first kappa shape index (κ1) is 24.1. The summed E-state index contributed by atoms with van der Waals surface area (Å²) in [6.45, 7) is 5.82. The quantitative estimate of drug-likeness (QED) is 0.282. The van der Waals surface area contributed by atoms with E-state index in [-0.39, 0.29) is 29.8 Å². The Balaban J connectivity index is 1.38. The second kappa shape index (κ2) is 10.2. The number of aromatic nitrogens is 4. The summed E-state index contributed by atoms with van der Waals surface area (Å²) < 4.78 is 14.4. The van der Waals surface area contributed by atoms with Crippen LogP contribution in [-0.2, 0) is 0 Å². The van der Waals surface area contributed by atoms with Gasteiger partial charge in [-0.25, -0.2) is 9.97 Å². The highest BCUT2D eigenvalue weighted by molar-refractivity contribution is 7.00. The Kier molecular flexibility index (Phi) is 6.84. The molecular formula is C25H29N7O3S. The Morgan fingerprint density at radius 1 is 1.14 bits per heavy atom. The molecule has 5 rings (SSSR count). The molecule has 36 heavy (non-hydrogen) atoms. The first-order valence-corrected chi connectivity index (χ1v) is 12.8. The van der Waals surface area contributed by atoms with Crippen molar-refractivity contribution in [2.45, 2.75) is 64.6 Å². The molecule has 0 spiro atoms. The zero-order chi connectivity index (χ0) is 25.2. The van der Waals surface area contributed by atoms with Crippen molar-refractivity contribution in [1.82, 2.24) is 24.0 Å². The third-order valence-electron chi connectivity index (χ3n) is 6.15. The lowest BCUT2D eigenvalue weighted by atomic mass is 9.93. The van der Waals surface area contributed by atoms with Crippen molar-refractivity contribution >= 4 is 45.9 Å². The largest absolute Gasteiger partial charge is 0.440 e. The van der Waals surface area contributed by atoms with E-state index >= 15 is 0 Å². The molecule has 0 atom stereocenters. The van der Waals surface area contributed by atoms with Crippen molar-refractivity contribution < 1.29 is 14.3 Å². The summed E-state index contributed by atoms with van der Waals surface area (Å²) in [5, 5.41) is 19.5. The van der Waals surface area contributed by atoms with Gasteiger partial charge in [-0.15, -0.1) is 0 Å². The number of nitrogens with zero attached hydrogens (tertiary/aromatic N) is 4. The van der Waals surface area contributed by atoms with Gasteiger partial charge in [-0.3, -0.25) is 4.79 Å². The molecule has 188 valence electrons. The number of benzene rings is 1. The molecule has 3 heterocycles. The van der Waals surface area contributed by atoms with Crippen LogP contribution in [0.3, 0.4) is 0 Å². The minimum Gasteiger partial charge on any atom is -0.440 e. The summed E-state index contributed by atoms with van der Waals surface area (Å²) in [7, 11) is 0. The van der Waals surface area contributed by atoms with Crippen molar-refractivity contribution in [1.29, 1.82) is 0 Å². The Labute approximate surface area is 212 Å². The molecule has 1 saturated carbocycles.